The van der Waals surface area contributed by atoms with Gasteiger partial charge >= 0.3 is 10.1 Å². The lowest BCUT2D eigenvalue weighted by Crippen LogP contribution is -2.37. The van der Waals surface area contributed by atoms with Crippen molar-refractivity contribution < 1.29 is 22.1 Å². The maximum Gasteiger partial charge on any atom is 0.306 e. The molecular formula is C20H25NO5S. The Bertz CT molecular complexity index is 879. The highest BCUT2D eigenvalue weighted by Gasteiger charge is 2.19. The summed E-state index contributed by atoms with van der Waals surface area (Å²) in [5.74, 6) is 0.421. The maximum absolute atomic E-state index is 12.8. The molecule has 0 aliphatic heterocycles. The van der Waals surface area contributed by atoms with Gasteiger partial charge in [0.15, 0.2) is 11.5 Å². The number of hydrogen-bond donors (Lipinski definition) is 0. The van der Waals surface area contributed by atoms with Crippen molar-refractivity contribution in [3.8, 4) is 11.5 Å². The maximum atomic E-state index is 12.8. The van der Waals surface area contributed by atoms with Crippen molar-refractivity contribution in [2.45, 2.75) is 32.9 Å². The van der Waals surface area contributed by atoms with Crippen molar-refractivity contribution in [3.63, 3.8) is 0 Å². The van der Waals surface area contributed by atoms with Crippen LogP contribution in [0.5, 0.6) is 11.5 Å². The van der Waals surface area contributed by atoms with E-state index in [0.29, 0.717) is 18.7 Å². The van der Waals surface area contributed by atoms with E-state index in [9.17, 15) is 13.2 Å². The third-order valence-corrected chi connectivity index (χ3v) is 4.45. The van der Waals surface area contributed by atoms with Gasteiger partial charge < -0.3 is 13.8 Å². The fraction of sp³-hybridized carbons (Fsp3) is 0.350. The minimum absolute atomic E-state index is 0.00222. The van der Waals surface area contributed by atoms with Crippen LogP contribution in [0.2, 0.25) is 0 Å². The zero-order valence-corrected chi connectivity index (χ0v) is 16.8. The van der Waals surface area contributed by atoms with Crippen LogP contribution in [0.25, 0.3) is 0 Å². The first-order chi connectivity index (χ1) is 12.7. The van der Waals surface area contributed by atoms with E-state index in [1.807, 2.05) is 44.2 Å². The summed E-state index contributed by atoms with van der Waals surface area (Å²) >= 11 is 0. The molecule has 0 fully saturated rings. The molecule has 0 heterocycles. The standard InChI is InChI=1S/C20H25NO5S/c1-15(2)21(20(22)13-16-8-6-5-7-9-16)14-17-10-11-18(25-3)19(12-17)26-27(4,23)24/h5-12,15H,13-14H2,1-4H3. The molecule has 0 bridgehead atoms. The summed E-state index contributed by atoms with van der Waals surface area (Å²) in [4.78, 5) is 14.5. The van der Waals surface area contributed by atoms with Gasteiger partial charge in [-0.25, -0.2) is 0 Å². The van der Waals surface area contributed by atoms with Gasteiger partial charge in [0.05, 0.1) is 19.8 Å². The summed E-state index contributed by atoms with van der Waals surface area (Å²) in [5.41, 5.74) is 1.70. The van der Waals surface area contributed by atoms with Gasteiger partial charge in [-0.15, -0.1) is 0 Å². The van der Waals surface area contributed by atoms with Gasteiger partial charge in [-0.05, 0) is 37.1 Å². The highest BCUT2D eigenvalue weighted by atomic mass is 32.2. The summed E-state index contributed by atoms with van der Waals surface area (Å²) in [5, 5.41) is 0. The van der Waals surface area contributed by atoms with Gasteiger partial charge in [0.2, 0.25) is 5.91 Å². The van der Waals surface area contributed by atoms with Crippen LogP contribution in [0, 0.1) is 0 Å². The van der Waals surface area contributed by atoms with Crippen LogP contribution >= 0.6 is 0 Å². The highest BCUT2D eigenvalue weighted by molar-refractivity contribution is 7.86. The van der Waals surface area contributed by atoms with Crippen LogP contribution in [-0.2, 0) is 27.9 Å². The van der Waals surface area contributed by atoms with E-state index in [1.165, 1.54) is 7.11 Å². The van der Waals surface area contributed by atoms with Crippen LogP contribution in [0.1, 0.15) is 25.0 Å². The molecule has 0 spiro atoms. The molecule has 0 saturated heterocycles. The topological polar surface area (TPSA) is 72.9 Å². The SMILES string of the molecule is COc1ccc(CN(C(=O)Cc2ccccc2)C(C)C)cc1OS(C)(=O)=O. The van der Waals surface area contributed by atoms with Crippen molar-refractivity contribution in [3.05, 3.63) is 59.7 Å². The van der Waals surface area contributed by atoms with Crippen LogP contribution in [0.3, 0.4) is 0 Å². The number of methoxy groups -OCH3 is 1. The van der Waals surface area contributed by atoms with E-state index >= 15 is 0 Å². The molecular weight excluding hydrogens is 366 g/mol. The molecule has 7 heteroatoms. The van der Waals surface area contributed by atoms with Gasteiger partial charge in [0, 0.05) is 12.6 Å². The molecule has 0 atom stereocenters. The lowest BCUT2D eigenvalue weighted by molar-refractivity contribution is -0.132. The number of nitrogens with zero attached hydrogens (tertiary/aromatic N) is 1. The zero-order chi connectivity index (χ0) is 20.0. The van der Waals surface area contributed by atoms with Crippen LogP contribution in [-0.4, -0.2) is 38.6 Å². The number of carbonyl (C=O) groups is 1. The van der Waals surface area contributed by atoms with E-state index in [2.05, 4.69) is 0 Å². The fourth-order valence-corrected chi connectivity index (χ4v) is 3.13. The third-order valence-electron chi connectivity index (χ3n) is 3.96. The normalized spacial score (nSPS) is 11.3. The average molecular weight is 391 g/mol. The molecule has 2 aromatic rings. The van der Waals surface area contributed by atoms with Gasteiger partial charge in [0.1, 0.15) is 0 Å². The molecule has 0 aliphatic carbocycles. The summed E-state index contributed by atoms with van der Waals surface area (Å²) in [6.45, 7) is 4.23. The molecule has 0 aliphatic rings. The third kappa shape index (κ3) is 6.29. The quantitative estimate of drug-likeness (QED) is 0.647. The summed E-state index contributed by atoms with van der Waals surface area (Å²) < 4.78 is 33.1. The molecule has 2 rings (SSSR count). The molecule has 0 aromatic heterocycles. The summed E-state index contributed by atoms with van der Waals surface area (Å²) in [6.07, 6.45) is 1.28. The van der Waals surface area contributed by atoms with Crippen molar-refractivity contribution in [1.82, 2.24) is 4.90 Å². The van der Waals surface area contributed by atoms with Crippen LogP contribution in [0.4, 0.5) is 0 Å². The fourth-order valence-electron chi connectivity index (χ4n) is 2.68. The second-order valence-electron chi connectivity index (χ2n) is 6.55. The van der Waals surface area contributed by atoms with Crippen molar-refractivity contribution in [2.75, 3.05) is 13.4 Å². The molecule has 27 heavy (non-hydrogen) atoms. The zero-order valence-electron chi connectivity index (χ0n) is 16.0. The van der Waals surface area contributed by atoms with Crippen molar-refractivity contribution in [1.29, 1.82) is 0 Å². The highest BCUT2D eigenvalue weighted by Crippen LogP contribution is 2.30. The van der Waals surface area contributed by atoms with E-state index in [4.69, 9.17) is 8.92 Å². The monoisotopic (exact) mass is 391 g/mol. The van der Waals surface area contributed by atoms with Crippen LogP contribution in [0.15, 0.2) is 48.5 Å². The smallest absolute Gasteiger partial charge is 0.306 e. The summed E-state index contributed by atoms with van der Waals surface area (Å²) in [6, 6.07) is 14.6. The van der Waals surface area contributed by atoms with Crippen LogP contribution < -0.4 is 8.92 Å². The number of benzene rings is 2. The number of carbonyl (C=O) groups excluding carboxylic acids is 1. The predicted molar refractivity (Wildman–Crippen MR) is 104 cm³/mol. The number of amides is 1. The Balaban J connectivity index is 2.22. The molecule has 0 radical (unpaired) electrons. The lowest BCUT2D eigenvalue weighted by Gasteiger charge is -2.27. The first-order valence-electron chi connectivity index (χ1n) is 8.59. The number of ether oxygens (including phenoxy) is 1. The minimum atomic E-state index is -3.69. The molecule has 0 N–H and O–H groups in total. The molecule has 0 saturated carbocycles. The molecule has 1 amide bonds. The first kappa shape index (κ1) is 20.8. The second kappa shape index (κ2) is 8.90. The Hall–Kier alpha value is -2.54. The Morgan fingerprint density at radius 1 is 1.04 bits per heavy atom. The first-order valence-corrected chi connectivity index (χ1v) is 10.4. The Morgan fingerprint density at radius 2 is 1.70 bits per heavy atom. The average Bonchev–Trinajstić information content (AvgIpc) is 2.59. The van der Waals surface area contributed by atoms with E-state index in [1.54, 1.807) is 23.1 Å². The van der Waals surface area contributed by atoms with Gasteiger partial charge in [-0.3, -0.25) is 4.79 Å². The van der Waals surface area contributed by atoms with Gasteiger partial charge in [-0.2, -0.15) is 8.42 Å². The largest absolute Gasteiger partial charge is 0.493 e. The molecule has 2 aromatic carbocycles. The van der Waals surface area contributed by atoms with Crippen molar-refractivity contribution >= 4 is 16.0 Å². The van der Waals surface area contributed by atoms with E-state index in [0.717, 1.165) is 17.4 Å². The molecule has 0 unspecified atom stereocenters. The molecule has 6 nitrogen and oxygen atoms in total. The number of hydrogen-bond acceptors (Lipinski definition) is 5. The Labute approximate surface area is 160 Å². The van der Waals surface area contributed by atoms with Crippen molar-refractivity contribution in [2.24, 2.45) is 0 Å². The minimum Gasteiger partial charge on any atom is -0.493 e. The van der Waals surface area contributed by atoms with E-state index < -0.39 is 10.1 Å². The number of rotatable bonds is 8. The van der Waals surface area contributed by atoms with Gasteiger partial charge in [0.25, 0.3) is 0 Å². The Morgan fingerprint density at radius 3 is 2.26 bits per heavy atom. The Kier molecular flexibility index (Phi) is 6.85. The predicted octanol–water partition coefficient (Wildman–Crippen LogP) is 3.01. The van der Waals surface area contributed by atoms with E-state index in [-0.39, 0.29) is 17.7 Å². The molecule has 146 valence electrons. The summed E-state index contributed by atoms with van der Waals surface area (Å²) in [7, 11) is -2.25. The second-order valence-corrected chi connectivity index (χ2v) is 8.13. The lowest BCUT2D eigenvalue weighted by atomic mass is 10.1. The van der Waals surface area contributed by atoms with Gasteiger partial charge in [-0.1, -0.05) is 36.4 Å².